The van der Waals surface area contributed by atoms with Crippen molar-refractivity contribution in [2.24, 2.45) is 0 Å². The number of aliphatic hydroxyl groups excluding tert-OH is 1. The van der Waals surface area contributed by atoms with Crippen LogP contribution in [-0.2, 0) is 9.53 Å². The predicted octanol–water partition coefficient (Wildman–Crippen LogP) is 0.952. The fourth-order valence-electron chi connectivity index (χ4n) is 3.38. The number of halogens is 1. The number of rotatable bonds is 4. The lowest BCUT2D eigenvalue weighted by molar-refractivity contribution is -0.134. The van der Waals surface area contributed by atoms with Crippen LogP contribution in [0.3, 0.4) is 0 Å². The Labute approximate surface area is 147 Å². The second-order valence-electron chi connectivity index (χ2n) is 6.72. The maximum atomic E-state index is 13.8. The van der Waals surface area contributed by atoms with E-state index in [9.17, 15) is 14.3 Å². The Morgan fingerprint density at radius 3 is 2.88 bits per heavy atom. The van der Waals surface area contributed by atoms with Gasteiger partial charge in [-0.3, -0.25) is 4.79 Å². The monoisotopic (exact) mass is 351 g/mol. The summed E-state index contributed by atoms with van der Waals surface area (Å²) >= 11 is 0. The van der Waals surface area contributed by atoms with Crippen LogP contribution >= 0.6 is 0 Å². The SMILES string of the molecule is C[C@@H](NC(=O)[C@H]1CNCCO1)c1cc(F)ccc1N1CCC(O)CC1. The third kappa shape index (κ3) is 4.48. The zero-order valence-corrected chi connectivity index (χ0v) is 14.5. The Hall–Kier alpha value is -1.70. The van der Waals surface area contributed by atoms with Crippen LogP contribution in [0.5, 0.6) is 0 Å². The molecule has 2 fully saturated rings. The summed E-state index contributed by atoms with van der Waals surface area (Å²) in [4.78, 5) is 14.5. The largest absolute Gasteiger partial charge is 0.393 e. The molecule has 6 nitrogen and oxygen atoms in total. The highest BCUT2D eigenvalue weighted by Crippen LogP contribution is 2.29. The second-order valence-corrected chi connectivity index (χ2v) is 6.72. The van der Waals surface area contributed by atoms with Gasteiger partial charge in [0.05, 0.1) is 18.8 Å². The molecule has 0 bridgehead atoms. The van der Waals surface area contributed by atoms with Crippen molar-refractivity contribution in [1.29, 1.82) is 0 Å². The van der Waals surface area contributed by atoms with E-state index in [4.69, 9.17) is 4.74 Å². The highest BCUT2D eigenvalue weighted by Gasteiger charge is 2.26. The van der Waals surface area contributed by atoms with Crippen molar-refractivity contribution in [2.45, 2.75) is 38.0 Å². The van der Waals surface area contributed by atoms with Crippen molar-refractivity contribution in [2.75, 3.05) is 37.7 Å². The van der Waals surface area contributed by atoms with Gasteiger partial charge in [0.2, 0.25) is 0 Å². The van der Waals surface area contributed by atoms with Crippen LogP contribution in [-0.4, -0.2) is 56.0 Å². The number of aliphatic hydroxyl groups is 1. The van der Waals surface area contributed by atoms with Gasteiger partial charge in [0.1, 0.15) is 11.9 Å². The minimum absolute atomic E-state index is 0.191. The van der Waals surface area contributed by atoms with E-state index in [1.54, 1.807) is 6.07 Å². The third-order valence-corrected chi connectivity index (χ3v) is 4.84. The quantitative estimate of drug-likeness (QED) is 0.753. The summed E-state index contributed by atoms with van der Waals surface area (Å²) in [5, 5.41) is 15.8. The average Bonchev–Trinajstić information content (AvgIpc) is 2.63. The molecular formula is C18H26FN3O3. The van der Waals surface area contributed by atoms with Gasteiger partial charge in [-0.1, -0.05) is 0 Å². The zero-order chi connectivity index (χ0) is 17.8. The summed E-state index contributed by atoms with van der Waals surface area (Å²) < 4.78 is 19.3. The number of ether oxygens (including phenoxy) is 1. The van der Waals surface area contributed by atoms with Crippen LogP contribution < -0.4 is 15.5 Å². The van der Waals surface area contributed by atoms with Gasteiger partial charge in [-0.15, -0.1) is 0 Å². The number of nitrogens with zero attached hydrogens (tertiary/aromatic N) is 1. The van der Waals surface area contributed by atoms with Gasteiger partial charge in [0.15, 0.2) is 0 Å². The molecule has 1 aromatic carbocycles. The molecule has 138 valence electrons. The summed E-state index contributed by atoms with van der Waals surface area (Å²) in [5.74, 6) is -0.517. The first kappa shape index (κ1) is 18.1. The number of nitrogens with one attached hydrogen (secondary N) is 2. The second kappa shape index (κ2) is 8.12. The molecule has 2 atom stereocenters. The standard InChI is InChI=1S/C18H26FN3O3/c1-12(21-18(24)17-11-20-6-9-25-17)15-10-13(19)2-3-16(15)22-7-4-14(23)5-8-22/h2-3,10,12,14,17,20,23H,4-9,11H2,1H3,(H,21,24)/t12-,17-/m1/s1. The maximum absolute atomic E-state index is 13.8. The molecule has 1 amide bonds. The highest BCUT2D eigenvalue weighted by molar-refractivity contribution is 5.81. The number of hydrogen-bond acceptors (Lipinski definition) is 5. The minimum atomic E-state index is -0.515. The summed E-state index contributed by atoms with van der Waals surface area (Å²) in [6, 6.07) is 4.33. The smallest absolute Gasteiger partial charge is 0.250 e. The average molecular weight is 351 g/mol. The molecule has 0 radical (unpaired) electrons. The van der Waals surface area contributed by atoms with Crippen LogP contribution in [0.1, 0.15) is 31.4 Å². The zero-order valence-electron chi connectivity index (χ0n) is 14.5. The fourth-order valence-corrected chi connectivity index (χ4v) is 3.38. The van der Waals surface area contributed by atoms with Crippen molar-refractivity contribution < 1.29 is 19.0 Å². The predicted molar refractivity (Wildman–Crippen MR) is 93.0 cm³/mol. The summed E-state index contributed by atoms with van der Waals surface area (Å²) in [5.41, 5.74) is 1.65. The lowest BCUT2D eigenvalue weighted by atomic mass is 10.0. The van der Waals surface area contributed by atoms with Gasteiger partial charge in [-0.05, 0) is 38.0 Å². The molecule has 3 N–H and O–H groups in total. The molecule has 25 heavy (non-hydrogen) atoms. The minimum Gasteiger partial charge on any atom is -0.393 e. The fraction of sp³-hybridized carbons (Fsp3) is 0.611. The molecule has 0 spiro atoms. The molecular weight excluding hydrogens is 325 g/mol. The lowest BCUT2D eigenvalue weighted by Crippen LogP contribution is -2.48. The van der Waals surface area contributed by atoms with Crippen molar-refractivity contribution >= 4 is 11.6 Å². The normalized spacial score (nSPS) is 23.3. The van der Waals surface area contributed by atoms with E-state index in [0.29, 0.717) is 26.0 Å². The van der Waals surface area contributed by atoms with Crippen LogP contribution in [0.2, 0.25) is 0 Å². The first-order valence-corrected chi connectivity index (χ1v) is 8.90. The molecule has 3 rings (SSSR count). The summed E-state index contributed by atoms with van der Waals surface area (Å²) in [7, 11) is 0. The number of amides is 1. The summed E-state index contributed by atoms with van der Waals surface area (Å²) in [6.45, 7) is 5.03. The Morgan fingerprint density at radius 1 is 1.44 bits per heavy atom. The molecule has 2 aliphatic rings. The molecule has 0 aliphatic carbocycles. The first-order valence-electron chi connectivity index (χ1n) is 8.90. The third-order valence-electron chi connectivity index (χ3n) is 4.84. The van der Waals surface area contributed by atoms with Crippen LogP contribution in [0.15, 0.2) is 18.2 Å². The molecule has 7 heteroatoms. The number of morpholine rings is 1. The number of piperidine rings is 1. The topological polar surface area (TPSA) is 73.8 Å². The maximum Gasteiger partial charge on any atom is 0.250 e. The van der Waals surface area contributed by atoms with E-state index in [1.807, 2.05) is 6.92 Å². The van der Waals surface area contributed by atoms with E-state index in [1.165, 1.54) is 12.1 Å². The number of carbonyl (C=O) groups is 1. The van der Waals surface area contributed by atoms with Crippen LogP contribution in [0.4, 0.5) is 10.1 Å². The lowest BCUT2D eigenvalue weighted by Gasteiger charge is -2.34. The molecule has 0 aromatic heterocycles. The van der Waals surface area contributed by atoms with E-state index in [0.717, 1.165) is 30.9 Å². The molecule has 2 aliphatic heterocycles. The van der Waals surface area contributed by atoms with Crippen LogP contribution in [0, 0.1) is 5.82 Å². The Balaban J connectivity index is 1.73. The Morgan fingerprint density at radius 2 is 2.20 bits per heavy atom. The van der Waals surface area contributed by atoms with Crippen molar-refractivity contribution in [3.8, 4) is 0 Å². The van der Waals surface area contributed by atoms with E-state index >= 15 is 0 Å². The van der Waals surface area contributed by atoms with Gasteiger partial charge in [-0.25, -0.2) is 4.39 Å². The summed E-state index contributed by atoms with van der Waals surface area (Å²) in [6.07, 6.45) is 0.602. The van der Waals surface area contributed by atoms with E-state index in [-0.39, 0.29) is 23.9 Å². The van der Waals surface area contributed by atoms with Crippen molar-refractivity contribution in [1.82, 2.24) is 10.6 Å². The highest BCUT2D eigenvalue weighted by atomic mass is 19.1. The number of anilines is 1. The van der Waals surface area contributed by atoms with Gasteiger partial charge in [0.25, 0.3) is 5.91 Å². The Bertz CT molecular complexity index is 599. The number of benzene rings is 1. The van der Waals surface area contributed by atoms with E-state index < -0.39 is 6.10 Å². The number of carbonyl (C=O) groups excluding carboxylic acids is 1. The molecule has 2 saturated heterocycles. The molecule has 0 saturated carbocycles. The van der Waals surface area contributed by atoms with Gasteiger partial charge < -0.3 is 25.4 Å². The first-order chi connectivity index (χ1) is 12.0. The van der Waals surface area contributed by atoms with Crippen molar-refractivity contribution in [3.63, 3.8) is 0 Å². The van der Waals surface area contributed by atoms with Gasteiger partial charge >= 0.3 is 0 Å². The molecule has 0 unspecified atom stereocenters. The molecule has 1 aromatic rings. The molecule has 2 heterocycles. The van der Waals surface area contributed by atoms with Gasteiger partial charge in [0, 0.05) is 37.4 Å². The van der Waals surface area contributed by atoms with Crippen LogP contribution in [0.25, 0.3) is 0 Å². The van der Waals surface area contributed by atoms with Crippen molar-refractivity contribution in [3.05, 3.63) is 29.6 Å². The van der Waals surface area contributed by atoms with Gasteiger partial charge in [-0.2, -0.15) is 0 Å². The Kier molecular flexibility index (Phi) is 5.88. The number of hydrogen-bond donors (Lipinski definition) is 3. The van der Waals surface area contributed by atoms with E-state index in [2.05, 4.69) is 15.5 Å².